The van der Waals surface area contributed by atoms with Gasteiger partial charge in [-0.05, 0) is 54.2 Å². The van der Waals surface area contributed by atoms with Crippen molar-refractivity contribution >= 4 is 35.8 Å². The number of ether oxygens (including phenoxy) is 1. The maximum Gasteiger partial charge on any atom is 0.407 e. The average Bonchev–Trinajstić information content (AvgIpc) is 3.06. The van der Waals surface area contributed by atoms with Crippen molar-refractivity contribution in [3.05, 3.63) is 90.1 Å². The van der Waals surface area contributed by atoms with Crippen LogP contribution in [0.3, 0.4) is 0 Å². The molecule has 12 nitrogen and oxygen atoms in total. The van der Waals surface area contributed by atoms with Gasteiger partial charge in [-0.2, -0.15) is 11.8 Å². The molecule has 4 amide bonds. The molecule has 2 aromatic carbocycles. The van der Waals surface area contributed by atoms with Crippen LogP contribution in [0.2, 0.25) is 0 Å². The number of hydrogen-bond donors (Lipinski definition) is 6. The molecular weight excluding hydrogens is 646 g/mol. The Hall–Kier alpha value is -4.62. The molecule has 3 aromatic rings. The first-order chi connectivity index (χ1) is 23.3. The highest BCUT2D eigenvalue weighted by molar-refractivity contribution is 7.98. The van der Waals surface area contributed by atoms with Crippen LogP contribution in [0.5, 0.6) is 0 Å². The third-order valence-electron chi connectivity index (χ3n) is 7.88. The van der Waals surface area contributed by atoms with Crippen LogP contribution in [-0.2, 0) is 27.2 Å². The van der Waals surface area contributed by atoms with Gasteiger partial charge in [-0.15, -0.1) is 0 Å². The topological polar surface area (TPSA) is 179 Å². The van der Waals surface area contributed by atoms with E-state index in [9.17, 15) is 29.4 Å². The quantitative estimate of drug-likeness (QED) is 0.129. The molecule has 0 saturated heterocycles. The van der Waals surface area contributed by atoms with Gasteiger partial charge in [0.15, 0.2) is 0 Å². The molecule has 6 N–H and O–H groups in total. The van der Waals surface area contributed by atoms with E-state index >= 15 is 0 Å². The zero-order valence-electron chi connectivity index (χ0n) is 28.5. The second-order valence-corrected chi connectivity index (χ2v) is 13.7. The Morgan fingerprint density at radius 1 is 0.837 bits per heavy atom. The lowest BCUT2D eigenvalue weighted by molar-refractivity contribution is -0.127. The summed E-state index contributed by atoms with van der Waals surface area (Å²) in [6.07, 6.45) is 0.829. The van der Waals surface area contributed by atoms with E-state index in [1.54, 1.807) is 12.5 Å². The summed E-state index contributed by atoms with van der Waals surface area (Å²) in [6.45, 7) is 5.44. The summed E-state index contributed by atoms with van der Waals surface area (Å²) in [5, 5.41) is 31.8. The highest BCUT2D eigenvalue weighted by atomic mass is 32.2. The smallest absolute Gasteiger partial charge is 0.407 e. The minimum Gasteiger partial charge on any atom is -0.465 e. The van der Waals surface area contributed by atoms with E-state index in [1.807, 2.05) is 93.6 Å². The number of carbonyl (C=O) groups is 4. The van der Waals surface area contributed by atoms with Crippen LogP contribution < -0.4 is 21.3 Å². The number of thioether (sulfide) groups is 1. The summed E-state index contributed by atoms with van der Waals surface area (Å²) in [7, 11) is 1.22. The summed E-state index contributed by atoms with van der Waals surface area (Å²) in [5.41, 5.74) is 2.77. The van der Waals surface area contributed by atoms with Crippen molar-refractivity contribution in [3.8, 4) is 11.3 Å². The maximum atomic E-state index is 13.8. The second-order valence-electron chi connectivity index (χ2n) is 12.8. The van der Waals surface area contributed by atoms with Crippen LogP contribution in [-0.4, -0.2) is 88.6 Å². The lowest BCUT2D eigenvalue weighted by Crippen LogP contribution is -2.57. The van der Waals surface area contributed by atoms with Crippen LogP contribution in [0.15, 0.2) is 79.0 Å². The molecule has 13 heteroatoms. The van der Waals surface area contributed by atoms with Gasteiger partial charge >= 0.3 is 12.2 Å². The molecule has 0 radical (unpaired) electrons. The number of pyridine rings is 1. The summed E-state index contributed by atoms with van der Waals surface area (Å²) in [4.78, 5) is 55.1. The molecule has 5 atom stereocenters. The van der Waals surface area contributed by atoms with E-state index in [0.717, 1.165) is 22.4 Å². The largest absolute Gasteiger partial charge is 0.465 e. The molecule has 0 aliphatic heterocycles. The van der Waals surface area contributed by atoms with E-state index in [-0.39, 0.29) is 18.6 Å². The van der Waals surface area contributed by atoms with Gasteiger partial charge in [-0.3, -0.25) is 14.6 Å². The van der Waals surface area contributed by atoms with Crippen LogP contribution in [0.25, 0.3) is 11.3 Å². The zero-order valence-corrected chi connectivity index (χ0v) is 29.3. The SMILES string of the molecule is COC(=O)N[C@H](C(=O)N[C@@H](Cc1ccc(-c2ccccn2)cc1)C[C@H](O)[C@H](Cc1ccccc1)NC(=O)[C@H](CSC)NC(=O)O)C(C)(C)C. The van der Waals surface area contributed by atoms with Gasteiger partial charge < -0.3 is 36.2 Å². The van der Waals surface area contributed by atoms with Crippen molar-refractivity contribution in [1.29, 1.82) is 0 Å². The first-order valence-electron chi connectivity index (χ1n) is 16.0. The summed E-state index contributed by atoms with van der Waals surface area (Å²) < 4.78 is 4.77. The van der Waals surface area contributed by atoms with Gasteiger partial charge in [-0.25, -0.2) is 9.59 Å². The zero-order chi connectivity index (χ0) is 36.0. The van der Waals surface area contributed by atoms with Crippen molar-refractivity contribution in [3.63, 3.8) is 0 Å². The highest BCUT2D eigenvalue weighted by Crippen LogP contribution is 2.22. The van der Waals surface area contributed by atoms with Crippen molar-refractivity contribution in [2.24, 2.45) is 5.41 Å². The monoisotopic (exact) mass is 693 g/mol. The van der Waals surface area contributed by atoms with E-state index in [2.05, 4.69) is 26.3 Å². The number of aliphatic hydroxyl groups excluding tert-OH is 1. The molecular formula is C36H47N5O7S. The van der Waals surface area contributed by atoms with Crippen molar-refractivity contribution in [2.75, 3.05) is 19.1 Å². The highest BCUT2D eigenvalue weighted by Gasteiger charge is 2.35. The van der Waals surface area contributed by atoms with Crippen LogP contribution in [0.4, 0.5) is 9.59 Å². The lowest BCUT2D eigenvalue weighted by Gasteiger charge is -2.33. The number of hydrogen-bond acceptors (Lipinski definition) is 8. The van der Waals surface area contributed by atoms with E-state index in [1.165, 1.54) is 18.9 Å². The van der Waals surface area contributed by atoms with Gasteiger partial charge in [0, 0.05) is 23.6 Å². The number of rotatable bonds is 16. The van der Waals surface area contributed by atoms with Gasteiger partial charge in [0.05, 0.1) is 24.9 Å². The number of alkyl carbamates (subject to hydrolysis) is 1. The Balaban J connectivity index is 1.92. The number of carboxylic acid groups (broad SMARTS) is 1. The van der Waals surface area contributed by atoms with Crippen molar-refractivity contribution < 1.29 is 34.1 Å². The number of methoxy groups -OCH3 is 1. The minimum absolute atomic E-state index is 0.0279. The Kier molecular flexibility index (Phi) is 14.9. The molecule has 3 rings (SSSR count). The third-order valence-corrected chi connectivity index (χ3v) is 8.55. The lowest BCUT2D eigenvalue weighted by atomic mass is 9.85. The van der Waals surface area contributed by atoms with E-state index < -0.39 is 59.7 Å². The first-order valence-corrected chi connectivity index (χ1v) is 17.4. The molecule has 0 aliphatic rings. The van der Waals surface area contributed by atoms with Crippen LogP contribution in [0, 0.1) is 5.41 Å². The van der Waals surface area contributed by atoms with Crippen molar-refractivity contribution in [1.82, 2.24) is 26.3 Å². The molecule has 264 valence electrons. The Labute approximate surface area is 291 Å². The maximum absolute atomic E-state index is 13.8. The summed E-state index contributed by atoms with van der Waals surface area (Å²) >= 11 is 1.31. The fraction of sp³-hybridized carbons (Fsp3) is 0.417. The molecule has 0 unspecified atom stereocenters. The number of carbonyl (C=O) groups excluding carboxylic acids is 3. The predicted molar refractivity (Wildman–Crippen MR) is 190 cm³/mol. The number of amides is 4. The van der Waals surface area contributed by atoms with Crippen LogP contribution in [0.1, 0.15) is 38.3 Å². The normalized spacial score (nSPS) is 14.3. The number of benzene rings is 2. The number of aliphatic hydroxyl groups is 1. The molecule has 0 spiro atoms. The van der Waals surface area contributed by atoms with Crippen molar-refractivity contribution in [2.45, 2.75) is 70.3 Å². The van der Waals surface area contributed by atoms with Gasteiger partial charge in [-0.1, -0.05) is 81.4 Å². The Morgan fingerprint density at radius 2 is 1.49 bits per heavy atom. The molecule has 0 saturated carbocycles. The summed E-state index contributed by atoms with van der Waals surface area (Å²) in [5.74, 6) is -0.840. The number of nitrogens with one attached hydrogen (secondary N) is 4. The van der Waals surface area contributed by atoms with Crippen LogP contribution >= 0.6 is 11.8 Å². The van der Waals surface area contributed by atoms with E-state index in [4.69, 9.17) is 4.74 Å². The fourth-order valence-corrected chi connectivity index (χ4v) is 5.92. The molecule has 0 aliphatic carbocycles. The molecule has 0 bridgehead atoms. The molecule has 49 heavy (non-hydrogen) atoms. The molecule has 0 fully saturated rings. The Bertz CT molecular complexity index is 1500. The fourth-order valence-electron chi connectivity index (χ4n) is 5.35. The van der Waals surface area contributed by atoms with Gasteiger partial charge in [0.1, 0.15) is 12.1 Å². The number of aromatic nitrogens is 1. The standard InChI is InChI=1S/C36H47N5O7S/c1-36(2,3)31(41-35(47)48-4)33(44)38-26(19-24-14-16-25(17-15-24)27-13-9-10-18-37-27)21-30(42)28(20-23-11-7-6-8-12-23)39-32(43)29(22-49-5)40-34(45)46/h6-18,26,28-31,40,42H,19-22H2,1-5H3,(H,38,44)(H,39,43)(H,41,47)(H,45,46)/t26-,28-,29-,30-,31+/m0/s1. The minimum atomic E-state index is -1.33. The second kappa shape index (κ2) is 18.8. The number of nitrogens with zero attached hydrogens (tertiary/aromatic N) is 1. The molecule has 1 heterocycles. The van der Waals surface area contributed by atoms with E-state index in [0.29, 0.717) is 6.42 Å². The predicted octanol–water partition coefficient (Wildman–Crippen LogP) is 4.02. The average molecular weight is 694 g/mol. The summed E-state index contributed by atoms with van der Waals surface area (Å²) in [6, 6.07) is 19.2. The van der Waals surface area contributed by atoms with Gasteiger partial charge in [0.25, 0.3) is 0 Å². The molecule has 1 aromatic heterocycles. The third kappa shape index (κ3) is 12.7. The van der Waals surface area contributed by atoms with Gasteiger partial charge in [0.2, 0.25) is 11.8 Å². The first kappa shape index (κ1) is 38.8. The Morgan fingerprint density at radius 3 is 2.06 bits per heavy atom.